The molecule has 3 atom stereocenters. The van der Waals surface area contributed by atoms with Gasteiger partial charge in [-0.25, -0.2) is 0 Å². The van der Waals surface area contributed by atoms with Crippen molar-refractivity contribution in [3.63, 3.8) is 0 Å². The third kappa shape index (κ3) is 3.09. The number of carbonyl (C=O) groups is 1. The first-order valence-electron chi connectivity index (χ1n) is 9.20. The van der Waals surface area contributed by atoms with E-state index in [1.54, 1.807) is 32.2 Å². The zero-order valence-electron chi connectivity index (χ0n) is 16.6. The average molecular weight is 432 g/mol. The van der Waals surface area contributed by atoms with Gasteiger partial charge in [0, 0.05) is 30.4 Å². The second-order valence-corrected chi connectivity index (χ2v) is 8.34. The Labute approximate surface area is 180 Å². The van der Waals surface area contributed by atoms with Crippen LogP contribution < -0.4 is 19.7 Å². The van der Waals surface area contributed by atoms with Gasteiger partial charge in [-0.2, -0.15) is 0 Å². The molecule has 8 heteroatoms. The molecule has 2 aromatic rings. The Hall–Kier alpha value is -2.51. The molecular formula is C21H22ClN3O3S. The summed E-state index contributed by atoms with van der Waals surface area (Å²) in [6, 6.07) is 12.6. The summed E-state index contributed by atoms with van der Waals surface area (Å²) in [6.07, 6.45) is 0. The van der Waals surface area contributed by atoms with E-state index >= 15 is 0 Å². The highest BCUT2D eigenvalue weighted by Crippen LogP contribution is 2.50. The zero-order valence-corrected chi connectivity index (χ0v) is 18.2. The molecule has 6 nitrogen and oxygen atoms in total. The number of anilines is 1. The Balaban J connectivity index is 1.92. The van der Waals surface area contributed by atoms with Gasteiger partial charge >= 0.3 is 0 Å². The van der Waals surface area contributed by atoms with Crippen LogP contribution in [0.15, 0.2) is 42.5 Å². The van der Waals surface area contributed by atoms with E-state index in [0.29, 0.717) is 21.6 Å². The van der Waals surface area contributed by atoms with Crippen LogP contribution in [0.3, 0.4) is 0 Å². The molecule has 2 aliphatic heterocycles. The molecule has 1 fully saturated rings. The number of methoxy groups -OCH3 is 1. The fourth-order valence-corrected chi connectivity index (χ4v) is 4.75. The molecule has 2 aliphatic rings. The van der Waals surface area contributed by atoms with E-state index in [9.17, 15) is 4.79 Å². The predicted octanol–water partition coefficient (Wildman–Crippen LogP) is 3.60. The SMILES string of the molecule is COc1ccc2c(c1)[C@H]1NC(=S)N(c3cccc(Cl)c3)[C@@](C)(O2)[C@H]1C(=O)N(C)C. The number of fused-ring (bicyclic) bond motifs is 4. The minimum Gasteiger partial charge on any atom is -0.497 e. The zero-order chi connectivity index (χ0) is 20.9. The molecule has 2 aromatic carbocycles. The van der Waals surface area contributed by atoms with Crippen molar-refractivity contribution >= 4 is 40.5 Å². The first kappa shape index (κ1) is 19.8. The van der Waals surface area contributed by atoms with Gasteiger partial charge in [-0.05, 0) is 55.5 Å². The van der Waals surface area contributed by atoms with Crippen molar-refractivity contribution in [1.29, 1.82) is 0 Å². The first-order chi connectivity index (χ1) is 13.8. The highest BCUT2D eigenvalue weighted by Gasteiger charge is 2.59. The minimum atomic E-state index is -1.04. The topological polar surface area (TPSA) is 54.0 Å². The van der Waals surface area contributed by atoms with Crippen LogP contribution in [0.4, 0.5) is 5.69 Å². The van der Waals surface area contributed by atoms with E-state index in [4.69, 9.17) is 33.3 Å². The molecule has 2 bridgehead atoms. The van der Waals surface area contributed by atoms with Gasteiger partial charge in [0.05, 0.1) is 13.2 Å². The van der Waals surface area contributed by atoms with Crippen LogP contribution in [-0.4, -0.2) is 42.8 Å². The lowest BCUT2D eigenvalue weighted by Crippen LogP contribution is -2.72. The maximum absolute atomic E-state index is 13.3. The molecule has 0 aromatic heterocycles. The minimum absolute atomic E-state index is 0.0620. The second-order valence-electron chi connectivity index (χ2n) is 7.51. The van der Waals surface area contributed by atoms with Crippen LogP contribution in [0.1, 0.15) is 18.5 Å². The Morgan fingerprint density at radius 2 is 2.07 bits per heavy atom. The summed E-state index contributed by atoms with van der Waals surface area (Å²) in [7, 11) is 5.09. The van der Waals surface area contributed by atoms with Crippen molar-refractivity contribution in [2.45, 2.75) is 18.7 Å². The lowest BCUT2D eigenvalue weighted by atomic mass is 9.78. The van der Waals surface area contributed by atoms with Gasteiger partial charge < -0.3 is 19.7 Å². The number of ether oxygens (including phenoxy) is 2. The maximum atomic E-state index is 13.3. The molecule has 4 rings (SSSR count). The molecule has 1 N–H and O–H groups in total. The lowest BCUT2D eigenvalue weighted by Gasteiger charge is -2.56. The summed E-state index contributed by atoms with van der Waals surface area (Å²) in [5, 5.41) is 4.41. The van der Waals surface area contributed by atoms with Crippen molar-refractivity contribution < 1.29 is 14.3 Å². The van der Waals surface area contributed by atoms with Crippen LogP contribution in [0.5, 0.6) is 11.5 Å². The number of nitrogens with one attached hydrogen (secondary N) is 1. The van der Waals surface area contributed by atoms with Gasteiger partial charge in [0.2, 0.25) is 5.91 Å². The highest BCUT2D eigenvalue weighted by atomic mass is 35.5. The molecule has 0 radical (unpaired) electrons. The van der Waals surface area contributed by atoms with E-state index in [-0.39, 0.29) is 11.9 Å². The van der Waals surface area contributed by atoms with Gasteiger partial charge in [0.15, 0.2) is 10.8 Å². The number of carbonyl (C=O) groups excluding carboxylic acids is 1. The number of nitrogens with zero attached hydrogens (tertiary/aromatic N) is 2. The normalized spacial score (nSPS) is 24.9. The molecule has 1 amide bonds. The fourth-order valence-electron chi connectivity index (χ4n) is 4.15. The molecule has 0 spiro atoms. The first-order valence-corrected chi connectivity index (χ1v) is 9.99. The largest absolute Gasteiger partial charge is 0.497 e. The number of thiocarbonyl (C=S) groups is 1. The highest BCUT2D eigenvalue weighted by molar-refractivity contribution is 7.80. The van der Waals surface area contributed by atoms with Crippen molar-refractivity contribution in [2.75, 3.05) is 26.1 Å². The van der Waals surface area contributed by atoms with Crippen LogP contribution in [0.2, 0.25) is 5.02 Å². The van der Waals surface area contributed by atoms with Crippen molar-refractivity contribution in [3.8, 4) is 11.5 Å². The van der Waals surface area contributed by atoms with E-state index in [1.165, 1.54) is 0 Å². The van der Waals surface area contributed by atoms with Crippen LogP contribution >= 0.6 is 23.8 Å². The monoisotopic (exact) mass is 431 g/mol. The molecule has 2 heterocycles. The number of benzene rings is 2. The number of amides is 1. The Kier molecular flexibility index (Phi) is 4.83. The smallest absolute Gasteiger partial charge is 0.233 e. The van der Waals surface area contributed by atoms with Crippen molar-refractivity contribution in [2.24, 2.45) is 5.92 Å². The van der Waals surface area contributed by atoms with Crippen molar-refractivity contribution in [1.82, 2.24) is 10.2 Å². The number of hydrogen-bond acceptors (Lipinski definition) is 4. The van der Waals surface area contributed by atoms with Gasteiger partial charge in [0.1, 0.15) is 17.4 Å². The van der Waals surface area contributed by atoms with Gasteiger partial charge in [-0.1, -0.05) is 17.7 Å². The predicted molar refractivity (Wildman–Crippen MR) is 117 cm³/mol. The molecule has 152 valence electrons. The van der Waals surface area contributed by atoms with Crippen LogP contribution in [0, 0.1) is 5.92 Å². The molecular weight excluding hydrogens is 410 g/mol. The quantitative estimate of drug-likeness (QED) is 0.749. The van der Waals surface area contributed by atoms with E-state index < -0.39 is 11.6 Å². The summed E-state index contributed by atoms with van der Waals surface area (Å²) >= 11 is 11.9. The third-order valence-electron chi connectivity index (χ3n) is 5.48. The standard InChI is InChI=1S/C21H22ClN3O3S/c1-21-17(19(26)24(2)3)18(15-11-14(27-4)8-9-16(15)28-21)23-20(29)25(21)13-7-5-6-12(22)10-13/h5-11,17-18H,1-4H3,(H,23,29)/t17-,18-,21+/m1/s1. The number of hydrogen-bond donors (Lipinski definition) is 1. The number of halogens is 1. The molecule has 29 heavy (non-hydrogen) atoms. The fraction of sp³-hybridized carbons (Fsp3) is 0.333. The van der Waals surface area contributed by atoms with E-state index in [0.717, 1.165) is 11.3 Å². The summed E-state index contributed by atoms with van der Waals surface area (Å²) in [4.78, 5) is 16.7. The maximum Gasteiger partial charge on any atom is 0.233 e. The molecule has 0 saturated carbocycles. The lowest BCUT2D eigenvalue weighted by molar-refractivity contribution is -0.144. The summed E-state index contributed by atoms with van der Waals surface area (Å²) in [6.45, 7) is 1.90. The molecule has 0 unspecified atom stereocenters. The van der Waals surface area contributed by atoms with Gasteiger partial charge in [0.25, 0.3) is 0 Å². The van der Waals surface area contributed by atoms with E-state index in [2.05, 4.69) is 5.32 Å². The van der Waals surface area contributed by atoms with Crippen molar-refractivity contribution in [3.05, 3.63) is 53.1 Å². The Morgan fingerprint density at radius 3 is 2.72 bits per heavy atom. The summed E-state index contributed by atoms with van der Waals surface area (Å²) in [5.74, 6) is 0.760. The third-order valence-corrected chi connectivity index (χ3v) is 6.01. The molecule has 0 aliphatic carbocycles. The number of rotatable bonds is 3. The average Bonchev–Trinajstić information content (AvgIpc) is 2.66. The van der Waals surface area contributed by atoms with E-state index in [1.807, 2.05) is 48.2 Å². The second kappa shape index (κ2) is 7.07. The van der Waals surface area contributed by atoms with Crippen LogP contribution in [-0.2, 0) is 4.79 Å². The Bertz CT molecular complexity index is 999. The Morgan fingerprint density at radius 1 is 1.31 bits per heavy atom. The summed E-state index contributed by atoms with van der Waals surface area (Å²) < 4.78 is 11.9. The van der Waals surface area contributed by atoms with Gasteiger partial charge in [-0.3, -0.25) is 9.69 Å². The van der Waals surface area contributed by atoms with Crippen LogP contribution in [0.25, 0.3) is 0 Å². The summed E-state index contributed by atoms with van der Waals surface area (Å²) in [5.41, 5.74) is 0.556. The molecule has 1 saturated heterocycles. The van der Waals surface area contributed by atoms with Gasteiger partial charge in [-0.15, -0.1) is 0 Å².